The summed E-state index contributed by atoms with van der Waals surface area (Å²) in [6.45, 7) is 8.00. The molecule has 1 rings (SSSR count). The first-order chi connectivity index (χ1) is 6.93. The zero-order chi connectivity index (χ0) is 11.8. The van der Waals surface area contributed by atoms with Gasteiger partial charge < -0.3 is 9.90 Å². The van der Waals surface area contributed by atoms with Gasteiger partial charge in [-0.2, -0.15) is 17.7 Å². The second kappa shape index (κ2) is 29.2. The van der Waals surface area contributed by atoms with Crippen LogP contribution in [0.4, 0.5) is 0 Å². The van der Waals surface area contributed by atoms with Crippen LogP contribution in [0.5, 0.6) is 0 Å². The van der Waals surface area contributed by atoms with Crippen molar-refractivity contribution in [2.24, 2.45) is 0 Å². The molecular weight excluding hydrogens is 265 g/mol. The monoisotopic (exact) mass is 286 g/mol. The average Bonchev–Trinajstić information content (AvgIpc) is 2.37. The third kappa shape index (κ3) is 20.1. The summed E-state index contributed by atoms with van der Waals surface area (Å²) >= 11 is 0. The van der Waals surface area contributed by atoms with E-state index in [1.54, 1.807) is 30.6 Å². The first kappa shape index (κ1) is 24.3. The quantitative estimate of drug-likeness (QED) is 0.806. The van der Waals surface area contributed by atoms with Gasteiger partial charge in [-0.3, -0.25) is 0 Å². The fourth-order valence-electron chi connectivity index (χ4n) is 0.506. The molecule has 0 aromatic heterocycles. The standard InChI is InChI=1S/C7H5O.2C2H6.CH4O.Y/c8-6-7-4-2-1-3-5-7;3*1-2;/h1-5H;2*1-2H3;2H,1H3;/q-1;;;;. The SMILES string of the molecule is CC.CC.CO.O=[C-]c1ccccc1.[Y]. The summed E-state index contributed by atoms with van der Waals surface area (Å²) in [4.78, 5) is 9.88. The molecule has 0 aliphatic heterocycles. The van der Waals surface area contributed by atoms with Crippen LogP contribution >= 0.6 is 0 Å². The van der Waals surface area contributed by atoms with E-state index in [0.717, 1.165) is 7.11 Å². The van der Waals surface area contributed by atoms with E-state index in [2.05, 4.69) is 0 Å². The van der Waals surface area contributed by atoms with Crippen molar-refractivity contribution in [3.63, 3.8) is 0 Å². The maximum atomic E-state index is 9.88. The van der Waals surface area contributed by atoms with Crippen LogP contribution in [0.3, 0.4) is 0 Å². The van der Waals surface area contributed by atoms with E-state index in [1.807, 2.05) is 33.8 Å². The van der Waals surface area contributed by atoms with Gasteiger partial charge in [0, 0.05) is 39.8 Å². The summed E-state index contributed by atoms with van der Waals surface area (Å²) in [5.74, 6) is 0. The Kier molecular flexibility index (Phi) is 47.2. The predicted octanol–water partition coefficient (Wildman–Crippen LogP) is 2.80. The van der Waals surface area contributed by atoms with Gasteiger partial charge in [0.2, 0.25) is 0 Å². The van der Waals surface area contributed by atoms with Gasteiger partial charge in [-0.15, -0.1) is 12.1 Å². The number of hydrogen-bond donors (Lipinski definition) is 1. The first-order valence-electron chi connectivity index (χ1n) is 4.81. The molecule has 0 heterocycles. The zero-order valence-corrected chi connectivity index (χ0v) is 13.2. The molecule has 1 N–H and O–H groups in total. The molecule has 15 heavy (non-hydrogen) atoms. The molecule has 85 valence electrons. The zero-order valence-electron chi connectivity index (χ0n) is 10.3. The van der Waals surface area contributed by atoms with Gasteiger partial charge in [0.25, 0.3) is 0 Å². The molecule has 0 atom stereocenters. The summed E-state index contributed by atoms with van der Waals surface area (Å²) in [5.41, 5.74) is 0.604. The summed E-state index contributed by atoms with van der Waals surface area (Å²) in [5, 5.41) is 7.00. The Morgan fingerprint density at radius 3 is 1.47 bits per heavy atom. The van der Waals surface area contributed by atoms with Crippen molar-refractivity contribution in [1.82, 2.24) is 0 Å². The van der Waals surface area contributed by atoms with Gasteiger partial charge in [-0.1, -0.05) is 33.8 Å². The molecule has 0 bridgehead atoms. The minimum atomic E-state index is 0. The number of aliphatic hydroxyl groups is 1. The molecule has 0 spiro atoms. The Bertz CT molecular complexity index is 176. The molecule has 0 amide bonds. The number of hydrogen-bond acceptors (Lipinski definition) is 2. The molecular formula is C12H21O2Y-. The normalized spacial score (nSPS) is 5.73. The van der Waals surface area contributed by atoms with E-state index in [1.165, 1.54) is 0 Å². The fraction of sp³-hybridized carbons (Fsp3) is 0.417. The smallest absolute Gasteiger partial charge is 0.0627 e. The van der Waals surface area contributed by atoms with Gasteiger partial charge in [-0.25, -0.2) is 0 Å². The second-order valence-corrected chi connectivity index (χ2v) is 1.47. The Morgan fingerprint density at radius 2 is 1.27 bits per heavy atom. The fourth-order valence-corrected chi connectivity index (χ4v) is 0.506. The van der Waals surface area contributed by atoms with Crippen LogP contribution in [0.2, 0.25) is 0 Å². The third-order valence-electron chi connectivity index (χ3n) is 0.892. The van der Waals surface area contributed by atoms with E-state index in [-0.39, 0.29) is 32.7 Å². The molecule has 1 aromatic rings. The number of aliphatic hydroxyl groups excluding tert-OH is 1. The molecule has 0 aliphatic rings. The molecule has 0 saturated heterocycles. The van der Waals surface area contributed by atoms with E-state index in [9.17, 15) is 4.79 Å². The van der Waals surface area contributed by atoms with Crippen molar-refractivity contribution in [2.75, 3.05) is 7.11 Å². The Labute approximate surface area is 119 Å². The van der Waals surface area contributed by atoms with Crippen LogP contribution in [0.25, 0.3) is 0 Å². The summed E-state index contributed by atoms with van der Waals surface area (Å²) in [7, 11) is 1.00. The first-order valence-corrected chi connectivity index (χ1v) is 4.81. The molecule has 1 radical (unpaired) electrons. The van der Waals surface area contributed by atoms with Crippen LogP contribution < -0.4 is 0 Å². The Hall–Kier alpha value is -0.0461. The van der Waals surface area contributed by atoms with Gasteiger partial charge in [0.1, 0.15) is 0 Å². The average molecular weight is 286 g/mol. The van der Waals surface area contributed by atoms with E-state index >= 15 is 0 Å². The van der Waals surface area contributed by atoms with Gasteiger partial charge in [0.15, 0.2) is 0 Å². The third-order valence-corrected chi connectivity index (χ3v) is 0.892. The van der Waals surface area contributed by atoms with Crippen molar-refractivity contribution in [3.05, 3.63) is 35.9 Å². The largest absolute Gasteiger partial charge is 0.400 e. The van der Waals surface area contributed by atoms with Crippen LogP contribution in [0.1, 0.15) is 33.3 Å². The summed E-state index contributed by atoms with van der Waals surface area (Å²) in [6, 6.07) is 8.90. The topological polar surface area (TPSA) is 37.3 Å². The second-order valence-electron chi connectivity index (χ2n) is 1.47. The molecule has 0 aliphatic carbocycles. The van der Waals surface area contributed by atoms with E-state index in [4.69, 9.17) is 5.11 Å². The van der Waals surface area contributed by atoms with Crippen LogP contribution in [-0.4, -0.2) is 18.5 Å². The number of rotatable bonds is 1. The minimum absolute atomic E-state index is 0. The van der Waals surface area contributed by atoms with E-state index < -0.39 is 0 Å². The number of carbonyl (C=O) groups excluding carboxylic acids is 1. The maximum absolute atomic E-state index is 9.88. The molecule has 0 unspecified atom stereocenters. The van der Waals surface area contributed by atoms with Gasteiger partial charge in [-0.05, 0) is 0 Å². The summed E-state index contributed by atoms with van der Waals surface area (Å²) in [6.07, 6.45) is 1.78. The van der Waals surface area contributed by atoms with Crippen molar-refractivity contribution >= 4 is 6.29 Å². The van der Waals surface area contributed by atoms with Crippen molar-refractivity contribution < 1.29 is 42.6 Å². The van der Waals surface area contributed by atoms with Crippen LogP contribution in [0.15, 0.2) is 30.3 Å². The predicted molar refractivity (Wildman–Crippen MR) is 62.1 cm³/mol. The van der Waals surface area contributed by atoms with Crippen molar-refractivity contribution in [3.8, 4) is 0 Å². The molecule has 0 saturated carbocycles. The minimum Gasteiger partial charge on any atom is -0.400 e. The number of benzene rings is 1. The maximum Gasteiger partial charge on any atom is 0.0627 e. The Balaban J connectivity index is -0.0000000755. The Morgan fingerprint density at radius 1 is 0.933 bits per heavy atom. The van der Waals surface area contributed by atoms with Gasteiger partial charge in [0.05, 0.1) is 6.29 Å². The van der Waals surface area contributed by atoms with Crippen LogP contribution in [0, 0.1) is 0 Å². The molecule has 3 heteroatoms. The van der Waals surface area contributed by atoms with Gasteiger partial charge >= 0.3 is 0 Å². The molecule has 0 fully saturated rings. The van der Waals surface area contributed by atoms with Crippen molar-refractivity contribution in [2.45, 2.75) is 27.7 Å². The molecule has 1 aromatic carbocycles. The summed E-state index contributed by atoms with van der Waals surface area (Å²) < 4.78 is 0. The molecule has 2 nitrogen and oxygen atoms in total. The van der Waals surface area contributed by atoms with Crippen LogP contribution in [-0.2, 0) is 37.5 Å². The van der Waals surface area contributed by atoms with E-state index in [0.29, 0.717) is 5.56 Å². The van der Waals surface area contributed by atoms with Crippen molar-refractivity contribution in [1.29, 1.82) is 0 Å².